The zero-order valence-electron chi connectivity index (χ0n) is 13.4. The van der Waals surface area contributed by atoms with E-state index in [1.165, 1.54) is 6.20 Å². The molecule has 25 heavy (non-hydrogen) atoms. The van der Waals surface area contributed by atoms with Gasteiger partial charge in [-0.05, 0) is 24.4 Å². The minimum atomic E-state index is -0.828. The van der Waals surface area contributed by atoms with Crippen molar-refractivity contribution in [1.29, 1.82) is 0 Å². The van der Waals surface area contributed by atoms with Gasteiger partial charge in [0, 0.05) is 11.9 Å². The largest absolute Gasteiger partial charge is 0.464 e. The van der Waals surface area contributed by atoms with Gasteiger partial charge in [0.25, 0.3) is 5.91 Å². The molecule has 1 atom stereocenters. The van der Waals surface area contributed by atoms with Crippen LogP contribution in [0.4, 0.5) is 0 Å². The summed E-state index contributed by atoms with van der Waals surface area (Å²) in [7, 11) is 0. The maximum atomic E-state index is 12.6. The van der Waals surface area contributed by atoms with Crippen molar-refractivity contribution in [2.45, 2.75) is 13.0 Å². The second-order valence-electron chi connectivity index (χ2n) is 5.06. The number of nitrogens with zero attached hydrogens (tertiary/aromatic N) is 3. The number of esters is 1. The van der Waals surface area contributed by atoms with Crippen LogP contribution in [0.5, 0.6) is 0 Å². The van der Waals surface area contributed by atoms with E-state index in [-0.39, 0.29) is 17.9 Å². The lowest BCUT2D eigenvalue weighted by molar-refractivity contribution is -0.144. The van der Waals surface area contributed by atoms with Gasteiger partial charge in [0.05, 0.1) is 23.4 Å². The molecule has 0 fully saturated rings. The molecule has 7 nitrogen and oxygen atoms in total. The fourth-order valence-electron chi connectivity index (χ4n) is 2.32. The quantitative estimate of drug-likeness (QED) is 0.508. The van der Waals surface area contributed by atoms with Crippen LogP contribution in [-0.4, -0.2) is 44.9 Å². The smallest absolute Gasteiger partial charge is 0.329 e. The Morgan fingerprint density at radius 3 is 2.96 bits per heavy atom. The fraction of sp³-hybridized carbons (Fsp3) is 0.250. The molecule has 0 aliphatic heterocycles. The molecule has 3 heterocycles. The number of hydrogen-bond acceptors (Lipinski definition) is 7. The predicted octanol–water partition coefficient (Wildman–Crippen LogP) is 2.05. The van der Waals surface area contributed by atoms with E-state index in [9.17, 15) is 9.59 Å². The van der Waals surface area contributed by atoms with Crippen LogP contribution in [0.1, 0.15) is 17.3 Å². The molecule has 0 aliphatic carbocycles. The predicted molar refractivity (Wildman–Crippen MR) is 98.0 cm³/mol. The standard InChI is InChI=1S/C16H16N4O3S2/c1-2-23-16(22)11(9-24)19-15(21)10-8-18-20-12(5-6-17-14(10)20)13-4-3-7-25-13/h3-8,11,24H,2,9H2,1H3,(H,19,21)/t11-/m0/s1. The minimum absolute atomic E-state index is 0.137. The average molecular weight is 376 g/mol. The molecule has 1 amide bonds. The van der Waals surface area contributed by atoms with Gasteiger partial charge in [0.1, 0.15) is 11.6 Å². The van der Waals surface area contributed by atoms with Crippen molar-refractivity contribution in [3.63, 3.8) is 0 Å². The third-order valence-corrected chi connectivity index (χ3v) is 4.74. The average Bonchev–Trinajstić information content (AvgIpc) is 3.28. The van der Waals surface area contributed by atoms with E-state index in [0.29, 0.717) is 5.65 Å². The van der Waals surface area contributed by atoms with Crippen molar-refractivity contribution in [2.24, 2.45) is 0 Å². The van der Waals surface area contributed by atoms with Crippen molar-refractivity contribution >= 4 is 41.5 Å². The van der Waals surface area contributed by atoms with Crippen LogP contribution in [-0.2, 0) is 9.53 Å². The molecule has 0 radical (unpaired) electrons. The first-order valence-electron chi connectivity index (χ1n) is 7.60. The van der Waals surface area contributed by atoms with Crippen molar-refractivity contribution in [1.82, 2.24) is 19.9 Å². The van der Waals surface area contributed by atoms with E-state index >= 15 is 0 Å². The first-order chi connectivity index (χ1) is 12.2. The van der Waals surface area contributed by atoms with Gasteiger partial charge < -0.3 is 10.1 Å². The van der Waals surface area contributed by atoms with E-state index in [1.807, 2.05) is 23.6 Å². The number of fused-ring (bicyclic) bond motifs is 1. The van der Waals surface area contributed by atoms with Crippen LogP contribution in [0.25, 0.3) is 16.2 Å². The minimum Gasteiger partial charge on any atom is -0.464 e. The Morgan fingerprint density at radius 2 is 2.28 bits per heavy atom. The summed E-state index contributed by atoms with van der Waals surface area (Å²) in [5.41, 5.74) is 1.55. The molecular weight excluding hydrogens is 360 g/mol. The monoisotopic (exact) mass is 376 g/mol. The van der Waals surface area contributed by atoms with Crippen LogP contribution in [0.15, 0.2) is 36.0 Å². The Kier molecular flexibility index (Phi) is 5.34. The number of carbonyl (C=O) groups excluding carboxylic acids is 2. The Bertz CT molecular complexity index is 892. The molecular formula is C16H16N4O3S2. The van der Waals surface area contributed by atoms with Gasteiger partial charge in [-0.25, -0.2) is 14.3 Å². The van der Waals surface area contributed by atoms with Gasteiger partial charge in [-0.1, -0.05) is 6.07 Å². The molecule has 1 N–H and O–H groups in total. The molecule has 0 bridgehead atoms. The summed E-state index contributed by atoms with van der Waals surface area (Å²) in [6.45, 7) is 1.94. The fourth-order valence-corrected chi connectivity index (χ4v) is 3.30. The maximum absolute atomic E-state index is 12.6. The van der Waals surface area contributed by atoms with Crippen molar-refractivity contribution in [3.8, 4) is 10.6 Å². The van der Waals surface area contributed by atoms with E-state index in [4.69, 9.17) is 4.74 Å². The summed E-state index contributed by atoms with van der Waals surface area (Å²) in [4.78, 5) is 29.7. The van der Waals surface area contributed by atoms with Crippen LogP contribution >= 0.6 is 24.0 Å². The van der Waals surface area contributed by atoms with Gasteiger partial charge in [-0.2, -0.15) is 17.7 Å². The van der Waals surface area contributed by atoms with Crippen LogP contribution < -0.4 is 5.32 Å². The maximum Gasteiger partial charge on any atom is 0.329 e. The van der Waals surface area contributed by atoms with Gasteiger partial charge in [-0.3, -0.25) is 4.79 Å². The summed E-state index contributed by atoms with van der Waals surface area (Å²) in [6.07, 6.45) is 3.07. The van der Waals surface area contributed by atoms with Gasteiger partial charge in [-0.15, -0.1) is 11.3 Å². The first kappa shape index (κ1) is 17.4. The third kappa shape index (κ3) is 3.52. The topological polar surface area (TPSA) is 85.6 Å². The van der Waals surface area contributed by atoms with Gasteiger partial charge in [0.15, 0.2) is 5.65 Å². The Balaban J connectivity index is 1.90. The van der Waals surface area contributed by atoms with E-state index in [0.717, 1.165) is 10.6 Å². The molecule has 9 heteroatoms. The highest BCUT2D eigenvalue weighted by atomic mass is 32.1. The molecule has 3 rings (SSSR count). The summed E-state index contributed by atoms with van der Waals surface area (Å²) < 4.78 is 6.54. The lowest BCUT2D eigenvalue weighted by atomic mass is 10.2. The van der Waals surface area contributed by atoms with Crippen LogP contribution in [0, 0.1) is 0 Å². The first-order valence-corrected chi connectivity index (χ1v) is 9.12. The normalized spacial score (nSPS) is 12.1. The van der Waals surface area contributed by atoms with E-state index < -0.39 is 17.9 Å². The number of rotatable bonds is 6. The molecule has 0 aliphatic rings. The SMILES string of the molecule is CCOC(=O)[C@H](CS)NC(=O)c1cnn2c(-c3cccs3)ccnc12. The highest BCUT2D eigenvalue weighted by Gasteiger charge is 2.24. The number of amides is 1. The Morgan fingerprint density at radius 1 is 1.44 bits per heavy atom. The second kappa shape index (κ2) is 7.66. The molecule has 3 aromatic rings. The number of thiophene rings is 1. The molecule has 3 aromatic heterocycles. The van der Waals surface area contributed by atoms with Crippen molar-refractivity contribution < 1.29 is 14.3 Å². The number of hydrogen-bond donors (Lipinski definition) is 2. The van der Waals surface area contributed by atoms with E-state index in [1.54, 1.807) is 29.0 Å². The Labute approximate surface area is 153 Å². The lowest BCUT2D eigenvalue weighted by Gasteiger charge is -2.14. The highest BCUT2D eigenvalue weighted by Crippen LogP contribution is 2.25. The van der Waals surface area contributed by atoms with Crippen molar-refractivity contribution in [3.05, 3.63) is 41.5 Å². The molecule has 0 aromatic carbocycles. The van der Waals surface area contributed by atoms with Gasteiger partial charge in [0.2, 0.25) is 0 Å². The van der Waals surface area contributed by atoms with Crippen LogP contribution in [0.3, 0.4) is 0 Å². The molecule has 0 saturated carbocycles. The van der Waals surface area contributed by atoms with Gasteiger partial charge >= 0.3 is 5.97 Å². The van der Waals surface area contributed by atoms with Crippen molar-refractivity contribution in [2.75, 3.05) is 12.4 Å². The highest BCUT2D eigenvalue weighted by molar-refractivity contribution is 7.80. The number of nitrogens with one attached hydrogen (secondary N) is 1. The third-order valence-electron chi connectivity index (χ3n) is 3.48. The summed E-state index contributed by atoms with van der Waals surface area (Å²) in [5.74, 6) is -0.829. The zero-order chi connectivity index (χ0) is 17.8. The summed E-state index contributed by atoms with van der Waals surface area (Å²) in [6, 6.07) is 4.92. The van der Waals surface area contributed by atoms with E-state index in [2.05, 4.69) is 28.0 Å². The number of thiol groups is 1. The second-order valence-corrected chi connectivity index (χ2v) is 6.37. The molecule has 0 saturated heterocycles. The number of aromatic nitrogens is 3. The Hall–Kier alpha value is -2.39. The molecule has 0 spiro atoms. The lowest BCUT2D eigenvalue weighted by Crippen LogP contribution is -2.43. The number of ether oxygens (including phenoxy) is 1. The number of carbonyl (C=O) groups is 2. The zero-order valence-corrected chi connectivity index (χ0v) is 15.1. The summed E-state index contributed by atoms with van der Waals surface area (Å²) >= 11 is 5.67. The molecule has 130 valence electrons. The van der Waals surface area contributed by atoms with Crippen LogP contribution in [0.2, 0.25) is 0 Å². The summed E-state index contributed by atoms with van der Waals surface area (Å²) in [5, 5.41) is 8.86. The molecule has 0 unspecified atom stereocenters.